The Morgan fingerprint density at radius 2 is 1.95 bits per heavy atom. The van der Waals surface area contributed by atoms with Crippen LogP contribution in [0.25, 0.3) is 0 Å². The van der Waals surface area contributed by atoms with Crippen LogP contribution < -0.4 is 4.72 Å². The molecule has 1 aliphatic rings. The topological polar surface area (TPSA) is 38.3 Å². The average molecular weight is 352 g/mol. The van der Waals surface area contributed by atoms with Crippen LogP contribution in [-0.2, 0) is 9.53 Å². The summed E-state index contributed by atoms with van der Waals surface area (Å²) in [7, 11) is -0.196. The van der Waals surface area contributed by atoms with Crippen LogP contribution in [0, 0.1) is 0 Å². The maximum Gasteiger partial charge on any atom is 0.334 e. The average Bonchev–Trinajstić information content (AvgIpc) is 2.87. The van der Waals surface area contributed by atoms with Crippen molar-refractivity contribution in [2.45, 2.75) is 62.3 Å². The molecule has 124 valence electrons. The Kier molecular flexibility index (Phi) is 7.64. The van der Waals surface area contributed by atoms with Crippen molar-refractivity contribution in [3.05, 3.63) is 0 Å². The van der Waals surface area contributed by atoms with Crippen molar-refractivity contribution in [2.75, 3.05) is 18.1 Å². The number of hydrogen-bond donors (Lipinski definition) is 1. The van der Waals surface area contributed by atoms with Crippen LogP contribution in [-0.4, -0.2) is 44.8 Å². The van der Waals surface area contributed by atoms with Crippen LogP contribution in [0.15, 0.2) is 0 Å². The Morgan fingerprint density at radius 3 is 2.38 bits per heavy atom. The molecule has 1 heterocycles. The Labute approximate surface area is 140 Å². The van der Waals surface area contributed by atoms with Crippen molar-refractivity contribution in [3.63, 3.8) is 0 Å². The molecule has 1 unspecified atom stereocenters. The second-order valence-electron chi connectivity index (χ2n) is 6.05. The largest absolute Gasteiger partial charge is 0.464 e. The quantitative estimate of drug-likeness (QED) is 0.556. The molecule has 0 radical (unpaired) electrons. The molecule has 1 aliphatic heterocycles. The molecule has 0 bridgehead atoms. The summed E-state index contributed by atoms with van der Waals surface area (Å²) in [5, 5.41) is 0. The predicted octanol–water partition coefficient (Wildman–Crippen LogP) is 3.90. The van der Waals surface area contributed by atoms with Gasteiger partial charge in [0.05, 0.1) is 12.6 Å². The lowest BCUT2D eigenvalue weighted by atomic mass is 10.1. The van der Waals surface area contributed by atoms with Gasteiger partial charge in [-0.15, -0.1) is 34.2 Å². The molecular weight excluding hydrogens is 322 g/mol. The molecule has 0 aromatic heterocycles. The minimum Gasteiger partial charge on any atom is -0.464 e. The molecule has 3 nitrogen and oxygen atoms in total. The zero-order valence-electron chi connectivity index (χ0n) is 13.9. The molecule has 21 heavy (non-hydrogen) atoms. The van der Waals surface area contributed by atoms with Gasteiger partial charge in [-0.05, 0) is 13.3 Å². The van der Waals surface area contributed by atoms with Crippen molar-refractivity contribution in [2.24, 2.45) is 0 Å². The smallest absolute Gasteiger partial charge is 0.334 e. The van der Waals surface area contributed by atoms with Crippen molar-refractivity contribution >= 4 is 46.0 Å². The van der Waals surface area contributed by atoms with Crippen LogP contribution in [0.1, 0.15) is 47.5 Å². The standard InChI is InChI=1S/C15H29NO2S3/c1-7-9-12(16-21(6)14(3,4)5)15(13(17)18-8-2)19-10-11-20-15/h12,16H,6-11H2,1-5H3/t12-,21?/m0/s1. The van der Waals surface area contributed by atoms with E-state index in [-0.39, 0.29) is 27.4 Å². The molecule has 0 aromatic carbocycles. The summed E-state index contributed by atoms with van der Waals surface area (Å²) in [4.78, 5) is 12.6. The highest BCUT2D eigenvalue weighted by Gasteiger charge is 2.51. The molecule has 0 aromatic rings. The maximum absolute atomic E-state index is 12.6. The van der Waals surface area contributed by atoms with Gasteiger partial charge >= 0.3 is 5.97 Å². The summed E-state index contributed by atoms with van der Waals surface area (Å²) in [6.07, 6.45) is 2.01. The number of carbonyl (C=O) groups is 1. The third kappa shape index (κ3) is 4.91. The minimum absolute atomic E-state index is 0.0747. The van der Waals surface area contributed by atoms with Crippen LogP contribution in [0.4, 0.5) is 0 Å². The molecule has 0 saturated carbocycles. The van der Waals surface area contributed by atoms with E-state index in [4.69, 9.17) is 4.74 Å². The van der Waals surface area contributed by atoms with Gasteiger partial charge < -0.3 is 4.74 Å². The van der Waals surface area contributed by atoms with E-state index in [0.717, 1.165) is 24.3 Å². The van der Waals surface area contributed by atoms with Gasteiger partial charge in [-0.3, -0.25) is 4.72 Å². The van der Waals surface area contributed by atoms with Crippen LogP contribution >= 0.6 is 34.2 Å². The Balaban J connectivity index is 2.98. The minimum atomic E-state index is -0.500. The zero-order chi connectivity index (χ0) is 16.1. The third-order valence-corrected chi connectivity index (χ3v) is 8.93. The second kappa shape index (κ2) is 8.27. The van der Waals surface area contributed by atoms with Gasteiger partial charge in [0, 0.05) is 16.3 Å². The first-order chi connectivity index (χ1) is 9.78. The summed E-state index contributed by atoms with van der Waals surface area (Å²) in [6, 6.07) is 0.110. The van der Waals surface area contributed by atoms with Crippen LogP contribution in [0.5, 0.6) is 0 Å². The lowest BCUT2D eigenvalue weighted by molar-refractivity contribution is -0.143. The van der Waals surface area contributed by atoms with E-state index in [9.17, 15) is 4.79 Å². The van der Waals surface area contributed by atoms with Crippen molar-refractivity contribution in [1.29, 1.82) is 0 Å². The first-order valence-electron chi connectivity index (χ1n) is 7.53. The van der Waals surface area contributed by atoms with E-state index in [1.165, 1.54) is 0 Å². The van der Waals surface area contributed by atoms with Gasteiger partial charge in [0.2, 0.25) is 0 Å². The molecule has 1 fully saturated rings. The highest BCUT2D eigenvalue weighted by atomic mass is 32.2. The molecule has 6 heteroatoms. The molecular formula is C15H29NO2S3. The van der Waals surface area contributed by atoms with Crippen LogP contribution in [0.2, 0.25) is 0 Å². The number of ether oxygens (including phenoxy) is 1. The highest BCUT2D eigenvalue weighted by Crippen LogP contribution is 2.49. The zero-order valence-corrected chi connectivity index (χ0v) is 16.3. The Bertz CT molecular complexity index is 374. The first kappa shape index (κ1) is 19.4. The predicted molar refractivity (Wildman–Crippen MR) is 101 cm³/mol. The summed E-state index contributed by atoms with van der Waals surface area (Å²) >= 11 is 3.48. The Hall–Kier alpha value is 0.350. The van der Waals surface area contributed by atoms with E-state index in [1.807, 2.05) is 6.92 Å². The molecule has 1 saturated heterocycles. The lowest BCUT2D eigenvalue weighted by Gasteiger charge is -2.37. The highest BCUT2D eigenvalue weighted by molar-refractivity contribution is 8.22. The monoisotopic (exact) mass is 351 g/mol. The molecule has 0 aliphatic carbocycles. The number of thioether (sulfide) groups is 2. The normalized spacial score (nSPS) is 21.0. The van der Waals surface area contributed by atoms with E-state index >= 15 is 0 Å². The van der Waals surface area contributed by atoms with Gasteiger partial charge in [-0.1, -0.05) is 40.0 Å². The fourth-order valence-corrected chi connectivity index (χ4v) is 6.44. The van der Waals surface area contributed by atoms with Crippen LogP contribution in [0.3, 0.4) is 0 Å². The first-order valence-corrected chi connectivity index (χ1v) is 10.9. The third-order valence-electron chi connectivity index (χ3n) is 3.34. The fourth-order valence-electron chi connectivity index (χ4n) is 2.08. The van der Waals surface area contributed by atoms with Gasteiger partial charge in [0.25, 0.3) is 0 Å². The number of carbonyl (C=O) groups excluding carboxylic acids is 1. The summed E-state index contributed by atoms with van der Waals surface area (Å²) in [5.41, 5.74) is 0. The van der Waals surface area contributed by atoms with Crippen molar-refractivity contribution in [1.82, 2.24) is 4.72 Å². The number of esters is 1. The second-order valence-corrected chi connectivity index (χ2v) is 11.2. The van der Waals surface area contributed by atoms with Gasteiger partial charge in [0.15, 0.2) is 4.08 Å². The van der Waals surface area contributed by atoms with Gasteiger partial charge in [0.1, 0.15) is 0 Å². The lowest BCUT2D eigenvalue weighted by Crippen LogP contribution is -2.50. The van der Waals surface area contributed by atoms with Crippen molar-refractivity contribution in [3.8, 4) is 0 Å². The van der Waals surface area contributed by atoms with Crippen molar-refractivity contribution < 1.29 is 9.53 Å². The van der Waals surface area contributed by atoms with Gasteiger partial charge in [-0.2, -0.15) is 0 Å². The van der Waals surface area contributed by atoms with E-state index in [2.05, 4.69) is 38.3 Å². The maximum atomic E-state index is 12.6. The number of rotatable bonds is 7. The molecule has 1 rings (SSSR count). The fraction of sp³-hybridized carbons (Fsp3) is 0.867. The van der Waals surface area contributed by atoms with E-state index in [0.29, 0.717) is 6.61 Å². The molecule has 0 spiro atoms. The molecule has 2 atom stereocenters. The summed E-state index contributed by atoms with van der Waals surface area (Å²) in [5.74, 6) is 6.22. The van der Waals surface area contributed by atoms with E-state index in [1.54, 1.807) is 23.5 Å². The number of nitrogens with one attached hydrogen (secondary N) is 1. The van der Waals surface area contributed by atoms with E-state index < -0.39 is 4.08 Å². The molecule has 0 amide bonds. The van der Waals surface area contributed by atoms with Gasteiger partial charge in [-0.25, -0.2) is 4.79 Å². The SMILES string of the molecule is C=S(N[C@@H](CCC)C1(C(=O)OCC)SCCS1)C(C)(C)C. The Morgan fingerprint density at radius 1 is 1.38 bits per heavy atom. The molecule has 1 N–H and O–H groups in total. The number of hydrogen-bond acceptors (Lipinski definition) is 5. The summed E-state index contributed by atoms with van der Waals surface area (Å²) < 4.78 is 8.63. The summed E-state index contributed by atoms with van der Waals surface area (Å²) in [6.45, 7) is 11.0.